The van der Waals surface area contributed by atoms with E-state index in [2.05, 4.69) is 15.1 Å². The van der Waals surface area contributed by atoms with Gasteiger partial charge in [-0.15, -0.1) is 0 Å². The Balaban J connectivity index is 1.43. The summed E-state index contributed by atoms with van der Waals surface area (Å²) in [6, 6.07) is 12.8. The van der Waals surface area contributed by atoms with Crippen LogP contribution in [-0.2, 0) is 11.3 Å². The molecule has 2 aromatic heterocycles. The highest BCUT2D eigenvalue weighted by molar-refractivity contribution is 6.30. The molecule has 2 aromatic carbocycles. The Morgan fingerprint density at radius 2 is 2.00 bits per heavy atom. The van der Waals surface area contributed by atoms with Crippen LogP contribution in [0.15, 0.2) is 51.8 Å². The minimum Gasteiger partial charge on any atom is -0.339 e. The zero-order valence-electron chi connectivity index (χ0n) is 18.3. The van der Waals surface area contributed by atoms with E-state index < -0.39 is 0 Å². The van der Waals surface area contributed by atoms with Crippen LogP contribution in [0.4, 0.5) is 5.69 Å². The van der Waals surface area contributed by atoms with Gasteiger partial charge in [-0.2, -0.15) is 4.98 Å². The zero-order valence-corrected chi connectivity index (χ0v) is 19.0. The number of aromatic nitrogens is 4. The molecule has 33 heavy (non-hydrogen) atoms. The van der Waals surface area contributed by atoms with Crippen molar-refractivity contribution in [3.8, 4) is 11.4 Å². The molecule has 3 heterocycles. The molecule has 0 N–H and O–H groups in total. The summed E-state index contributed by atoms with van der Waals surface area (Å²) in [5.74, 6) is 0.630. The predicted molar refractivity (Wildman–Crippen MR) is 125 cm³/mol. The van der Waals surface area contributed by atoms with Gasteiger partial charge in [0.25, 0.3) is 5.56 Å². The SMILES string of the molecule is CCCn1c(=O)c(C)nc2cc(-c3noc([C@H]4CC(=O)N(c5cccc(Cl)c5)C4)n3)ccc21. The van der Waals surface area contributed by atoms with E-state index in [-0.39, 0.29) is 23.8 Å². The van der Waals surface area contributed by atoms with Crippen LogP contribution in [0.1, 0.15) is 37.3 Å². The average Bonchev–Trinajstić information content (AvgIpc) is 3.43. The van der Waals surface area contributed by atoms with E-state index in [4.69, 9.17) is 16.1 Å². The fraction of sp³-hybridized carbons (Fsp3) is 0.292. The molecule has 0 saturated carbocycles. The lowest BCUT2D eigenvalue weighted by Gasteiger charge is -2.16. The maximum absolute atomic E-state index is 12.6. The van der Waals surface area contributed by atoms with E-state index in [1.165, 1.54) is 0 Å². The normalized spacial score (nSPS) is 16.2. The number of carbonyl (C=O) groups excluding carboxylic acids is 1. The van der Waals surface area contributed by atoms with Gasteiger partial charge in [-0.1, -0.05) is 29.7 Å². The molecular weight excluding hydrogens is 442 g/mol. The molecule has 1 saturated heterocycles. The van der Waals surface area contributed by atoms with Crippen molar-refractivity contribution in [3.05, 3.63) is 69.4 Å². The largest absolute Gasteiger partial charge is 0.339 e. The number of aryl methyl sites for hydroxylation is 2. The number of fused-ring (bicyclic) bond motifs is 1. The van der Waals surface area contributed by atoms with Crippen LogP contribution >= 0.6 is 11.6 Å². The van der Waals surface area contributed by atoms with Crippen molar-refractivity contribution >= 4 is 34.2 Å². The Morgan fingerprint density at radius 3 is 2.79 bits per heavy atom. The van der Waals surface area contributed by atoms with E-state index in [0.29, 0.717) is 41.0 Å². The maximum atomic E-state index is 12.6. The van der Waals surface area contributed by atoms with E-state index >= 15 is 0 Å². The third-order valence-corrected chi connectivity index (χ3v) is 6.09. The number of anilines is 1. The molecule has 168 valence electrons. The van der Waals surface area contributed by atoms with Crippen molar-refractivity contribution in [1.29, 1.82) is 0 Å². The molecule has 9 heteroatoms. The molecule has 1 amide bonds. The van der Waals surface area contributed by atoms with Gasteiger partial charge in [0.15, 0.2) is 0 Å². The van der Waals surface area contributed by atoms with Crippen molar-refractivity contribution in [2.45, 2.75) is 39.2 Å². The van der Waals surface area contributed by atoms with Gasteiger partial charge in [0.1, 0.15) is 5.69 Å². The van der Waals surface area contributed by atoms with Crippen molar-refractivity contribution in [3.63, 3.8) is 0 Å². The Hall–Kier alpha value is -3.52. The lowest BCUT2D eigenvalue weighted by molar-refractivity contribution is -0.117. The van der Waals surface area contributed by atoms with Gasteiger partial charge >= 0.3 is 0 Å². The monoisotopic (exact) mass is 463 g/mol. The lowest BCUT2D eigenvalue weighted by Crippen LogP contribution is -2.24. The van der Waals surface area contributed by atoms with Crippen molar-refractivity contribution in [2.24, 2.45) is 0 Å². The third kappa shape index (κ3) is 3.91. The van der Waals surface area contributed by atoms with Crippen LogP contribution in [0.25, 0.3) is 22.4 Å². The fourth-order valence-corrected chi connectivity index (χ4v) is 4.43. The predicted octanol–water partition coefficient (Wildman–Crippen LogP) is 4.34. The second-order valence-corrected chi connectivity index (χ2v) is 8.64. The highest BCUT2D eigenvalue weighted by atomic mass is 35.5. The highest BCUT2D eigenvalue weighted by Crippen LogP contribution is 2.33. The quantitative estimate of drug-likeness (QED) is 0.437. The second-order valence-electron chi connectivity index (χ2n) is 8.20. The number of amides is 1. The molecule has 4 aromatic rings. The molecule has 0 bridgehead atoms. The van der Waals surface area contributed by atoms with Crippen LogP contribution < -0.4 is 10.5 Å². The van der Waals surface area contributed by atoms with E-state index in [9.17, 15) is 9.59 Å². The van der Waals surface area contributed by atoms with Crippen LogP contribution in [-0.4, -0.2) is 32.1 Å². The molecule has 1 atom stereocenters. The summed E-state index contributed by atoms with van der Waals surface area (Å²) in [4.78, 5) is 35.8. The Bertz CT molecular complexity index is 1430. The average molecular weight is 464 g/mol. The molecule has 0 aliphatic carbocycles. The Morgan fingerprint density at radius 1 is 1.15 bits per heavy atom. The van der Waals surface area contributed by atoms with Crippen LogP contribution in [0.5, 0.6) is 0 Å². The van der Waals surface area contributed by atoms with Crippen molar-refractivity contribution in [1.82, 2.24) is 19.7 Å². The molecule has 1 fully saturated rings. The number of halogens is 1. The number of rotatable bonds is 5. The van der Waals surface area contributed by atoms with Gasteiger partial charge in [0.05, 0.1) is 17.0 Å². The summed E-state index contributed by atoms with van der Waals surface area (Å²) in [6.07, 6.45) is 1.14. The van der Waals surface area contributed by atoms with Gasteiger partial charge in [0, 0.05) is 35.8 Å². The smallest absolute Gasteiger partial charge is 0.272 e. The molecule has 0 radical (unpaired) electrons. The van der Waals surface area contributed by atoms with Crippen LogP contribution in [0.2, 0.25) is 5.02 Å². The minimum absolute atomic E-state index is 0.0127. The second kappa shape index (κ2) is 8.44. The number of hydrogen-bond acceptors (Lipinski definition) is 6. The van der Waals surface area contributed by atoms with Crippen LogP contribution in [0.3, 0.4) is 0 Å². The fourth-order valence-electron chi connectivity index (χ4n) is 4.24. The van der Waals surface area contributed by atoms with Crippen molar-refractivity contribution < 1.29 is 9.32 Å². The lowest BCUT2D eigenvalue weighted by atomic mass is 10.1. The topological polar surface area (TPSA) is 94.1 Å². The van der Waals surface area contributed by atoms with E-state index in [1.807, 2.05) is 37.3 Å². The molecular formula is C24H22ClN5O3. The number of carbonyl (C=O) groups is 1. The summed E-state index contributed by atoms with van der Waals surface area (Å²) in [5, 5.41) is 4.72. The highest BCUT2D eigenvalue weighted by Gasteiger charge is 2.35. The first-order valence-electron chi connectivity index (χ1n) is 10.9. The van der Waals surface area contributed by atoms with E-state index in [0.717, 1.165) is 23.2 Å². The summed E-state index contributed by atoms with van der Waals surface area (Å²) < 4.78 is 7.28. The first kappa shape index (κ1) is 21.3. The summed E-state index contributed by atoms with van der Waals surface area (Å²) in [7, 11) is 0. The van der Waals surface area contributed by atoms with Gasteiger partial charge in [-0.05, 0) is 49.7 Å². The zero-order chi connectivity index (χ0) is 23.1. The van der Waals surface area contributed by atoms with E-state index in [1.54, 1.807) is 28.5 Å². The van der Waals surface area contributed by atoms with Gasteiger partial charge in [-0.3, -0.25) is 9.59 Å². The maximum Gasteiger partial charge on any atom is 0.272 e. The Kier molecular flexibility index (Phi) is 5.46. The first-order chi connectivity index (χ1) is 15.9. The van der Waals surface area contributed by atoms with Crippen molar-refractivity contribution in [2.75, 3.05) is 11.4 Å². The molecule has 5 rings (SSSR count). The van der Waals surface area contributed by atoms with Gasteiger partial charge in [-0.25, -0.2) is 4.98 Å². The molecule has 8 nitrogen and oxygen atoms in total. The number of nitrogens with zero attached hydrogens (tertiary/aromatic N) is 5. The molecule has 0 spiro atoms. The summed E-state index contributed by atoms with van der Waals surface area (Å²) in [6.45, 7) is 4.83. The summed E-state index contributed by atoms with van der Waals surface area (Å²) in [5.41, 5.74) is 3.35. The first-order valence-corrected chi connectivity index (χ1v) is 11.2. The molecule has 0 unspecified atom stereocenters. The number of hydrogen-bond donors (Lipinski definition) is 0. The molecule has 1 aliphatic heterocycles. The van der Waals surface area contributed by atoms with Crippen LogP contribution in [0, 0.1) is 6.92 Å². The third-order valence-electron chi connectivity index (χ3n) is 5.85. The molecule has 1 aliphatic rings. The van der Waals surface area contributed by atoms with Gasteiger partial charge < -0.3 is 14.0 Å². The summed E-state index contributed by atoms with van der Waals surface area (Å²) >= 11 is 6.08. The van der Waals surface area contributed by atoms with Gasteiger partial charge in [0.2, 0.25) is 17.6 Å². The minimum atomic E-state index is -0.201. The standard InChI is InChI=1S/C24H22ClN5O3/c1-3-9-29-20-8-7-15(10-19(20)26-14(2)24(29)32)22-27-23(33-28-22)16-11-21(31)30(13-16)18-6-4-5-17(25)12-18/h4-8,10,12,16H,3,9,11,13H2,1-2H3/t16-/m0/s1. The Labute approximate surface area is 194 Å². The number of benzene rings is 2.